The van der Waals surface area contributed by atoms with E-state index in [4.69, 9.17) is 5.11 Å². The topological polar surface area (TPSA) is 62.2 Å². The van der Waals surface area contributed by atoms with Crippen molar-refractivity contribution < 1.29 is 14.3 Å². The van der Waals surface area contributed by atoms with Gasteiger partial charge in [-0.2, -0.15) is 4.39 Å². The third-order valence-corrected chi connectivity index (χ3v) is 3.37. The lowest BCUT2D eigenvalue weighted by atomic mass is 10.1. The number of rotatable bonds is 4. The molecule has 1 amide bonds. The first kappa shape index (κ1) is 12.5. The van der Waals surface area contributed by atoms with E-state index in [0.29, 0.717) is 18.5 Å². The minimum Gasteiger partial charge on any atom is -0.465 e. The SMILES string of the molecule is O=C(O)NCCc1cc(-c2cccnc2F)cs1. The van der Waals surface area contributed by atoms with Crippen LogP contribution in [0.25, 0.3) is 11.1 Å². The van der Waals surface area contributed by atoms with Crippen LogP contribution in [0.4, 0.5) is 9.18 Å². The van der Waals surface area contributed by atoms with Crippen LogP contribution in [-0.4, -0.2) is 22.7 Å². The van der Waals surface area contributed by atoms with E-state index in [1.54, 1.807) is 12.1 Å². The monoisotopic (exact) mass is 266 g/mol. The highest BCUT2D eigenvalue weighted by atomic mass is 32.1. The van der Waals surface area contributed by atoms with E-state index >= 15 is 0 Å². The van der Waals surface area contributed by atoms with Gasteiger partial charge in [0, 0.05) is 23.2 Å². The zero-order chi connectivity index (χ0) is 13.0. The van der Waals surface area contributed by atoms with Crippen molar-refractivity contribution in [2.24, 2.45) is 0 Å². The second-order valence-electron chi connectivity index (χ2n) is 3.63. The first-order valence-corrected chi connectivity index (χ1v) is 6.20. The van der Waals surface area contributed by atoms with Gasteiger partial charge in [-0.25, -0.2) is 9.78 Å². The summed E-state index contributed by atoms with van der Waals surface area (Å²) in [5.74, 6) is -0.495. The Morgan fingerprint density at radius 1 is 1.56 bits per heavy atom. The largest absolute Gasteiger partial charge is 0.465 e. The number of aromatic nitrogens is 1. The molecule has 0 spiro atoms. The fraction of sp³-hybridized carbons (Fsp3) is 0.167. The molecule has 0 unspecified atom stereocenters. The maximum atomic E-state index is 13.4. The molecule has 4 nitrogen and oxygen atoms in total. The van der Waals surface area contributed by atoms with Crippen molar-refractivity contribution >= 4 is 17.4 Å². The fourth-order valence-corrected chi connectivity index (χ4v) is 2.44. The Hall–Kier alpha value is -1.95. The Morgan fingerprint density at radius 3 is 3.11 bits per heavy atom. The molecule has 0 bridgehead atoms. The normalized spacial score (nSPS) is 10.3. The first-order valence-electron chi connectivity index (χ1n) is 5.32. The summed E-state index contributed by atoms with van der Waals surface area (Å²) in [6.07, 6.45) is 0.965. The molecule has 2 rings (SSSR count). The van der Waals surface area contributed by atoms with Crippen molar-refractivity contribution in [3.05, 3.63) is 40.6 Å². The summed E-state index contributed by atoms with van der Waals surface area (Å²) in [4.78, 5) is 14.9. The Labute approximate surface area is 107 Å². The summed E-state index contributed by atoms with van der Waals surface area (Å²) >= 11 is 1.48. The average molecular weight is 266 g/mol. The molecule has 18 heavy (non-hydrogen) atoms. The number of nitrogens with zero attached hydrogens (tertiary/aromatic N) is 1. The molecule has 94 valence electrons. The minimum absolute atomic E-state index is 0.352. The number of thiophene rings is 1. The van der Waals surface area contributed by atoms with Crippen LogP contribution in [0.3, 0.4) is 0 Å². The van der Waals surface area contributed by atoms with Gasteiger partial charge in [0.1, 0.15) is 0 Å². The number of nitrogens with one attached hydrogen (secondary N) is 1. The molecule has 0 saturated carbocycles. The van der Waals surface area contributed by atoms with Gasteiger partial charge in [0.05, 0.1) is 0 Å². The predicted molar refractivity (Wildman–Crippen MR) is 67.2 cm³/mol. The molecule has 2 aromatic rings. The molecule has 0 aliphatic rings. The van der Waals surface area contributed by atoms with Crippen LogP contribution < -0.4 is 5.32 Å². The highest BCUT2D eigenvalue weighted by Crippen LogP contribution is 2.26. The quantitative estimate of drug-likeness (QED) is 0.836. The van der Waals surface area contributed by atoms with Crippen molar-refractivity contribution in [2.45, 2.75) is 6.42 Å². The molecule has 0 aliphatic heterocycles. The van der Waals surface area contributed by atoms with Crippen LogP contribution in [0.2, 0.25) is 0 Å². The van der Waals surface area contributed by atoms with Crippen LogP contribution in [0.15, 0.2) is 29.8 Å². The van der Waals surface area contributed by atoms with E-state index in [1.165, 1.54) is 17.5 Å². The van der Waals surface area contributed by atoms with Gasteiger partial charge in [-0.05, 0) is 35.6 Å². The lowest BCUT2D eigenvalue weighted by molar-refractivity contribution is 0.194. The molecule has 0 atom stereocenters. The molecule has 0 aliphatic carbocycles. The van der Waals surface area contributed by atoms with Crippen LogP contribution in [0.5, 0.6) is 0 Å². The number of pyridine rings is 1. The Morgan fingerprint density at radius 2 is 2.39 bits per heavy atom. The predicted octanol–water partition coefficient (Wildman–Crippen LogP) is 2.76. The van der Waals surface area contributed by atoms with Crippen molar-refractivity contribution in [1.82, 2.24) is 10.3 Å². The van der Waals surface area contributed by atoms with Crippen molar-refractivity contribution in [1.29, 1.82) is 0 Å². The van der Waals surface area contributed by atoms with E-state index in [-0.39, 0.29) is 0 Å². The van der Waals surface area contributed by atoms with Crippen LogP contribution in [0, 0.1) is 5.95 Å². The van der Waals surface area contributed by atoms with Crippen LogP contribution >= 0.6 is 11.3 Å². The summed E-state index contributed by atoms with van der Waals surface area (Å²) < 4.78 is 13.4. The Kier molecular flexibility index (Phi) is 3.88. The van der Waals surface area contributed by atoms with Crippen LogP contribution in [-0.2, 0) is 6.42 Å². The molecular formula is C12H11FN2O2S. The maximum Gasteiger partial charge on any atom is 0.404 e. The number of carbonyl (C=O) groups is 1. The number of halogens is 1. The first-order chi connectivity index (χ1) is 8.66. The van der Waals surface area contributed by atoms with Crippen molar-refractivity contribution in [3.63, 3.8) is 0 Å². The van der Waals surface area contributed by atoms with Gasteiger partial charge in [0.2, 0.25) is 5.95 Å². The summed E-state index contributed by atoms with van der Waals surface area (Å²) in [6, 6.07) is 5.21. The van der Waals surface area contributed by atoms with E-state index in [1.807, 2.05) is 11.4 Å². The zero-order valence-corrected chi connectivity index (χ0v) is 10.2. The summed E-state index contributed by atoms with van der Waals surface area (Å²) in [5.41, 5.74) is 1.24. The molecule has 6 heteroatoms. The van der Waals surface area contributed by atoms with Gasteiger partial charge in [-0.3, -0.25) is 0 Å². The van der Waals surface area contributed by atoms with Crippen molar-refractivity contribution in [2.75, 3.05) is 6.54 Å². The number of carboxylic acid groups (broad SMARTS) is 1. The van der Waals surface area contributed by atoms with E-state index in [2.05, 4.69) is 10.3 Å². The molecule has 2 heterocycles. The second-order valence-corrected chi connectivity index (χ2v) is 4.62. The Bertz CT molecular complexity index is 557. The van der Waals surface area contributed by atoms with Gasteiger partial charge in [-0.15, -0.1) is 11.3 Å². The summed E-state index contributed by atoms with van der Waals surface area (Å²) in [7, 11) is 0. The molecule has 0 radical (unpaired) electrons. The van der Waals surface area contributed by atoms with Gasteiger partial charge < -0.3 is 10.4 Å². The molecular weight excluding hydrogens is 255 g/mol. The summed E-state index contributed by atoms with van der Waals surface area (Å²) in [5, 5.41) is 12.6. The number of hydrogen-bond donors (Lipinski definition) is 2. The highest BCUT2D eigenvalue weighted by molar-refractivity contribution is 7.10. The highest BCUT2D eigenvalue weighted by Gasteiger charge is 2.08. The van der Waals surface area contributed by atoms with Gasteiger partial charge in [0.25, 0.3) is 0 Å². The molecule has 2 aromatic heterocycles. The molecule has 2 N–H and O–H groups in total. The maximum absolute atomic E-state index is 13.4. The molecule has 0 aromatic carbocycles. The van der Waals surface area contributed by atoms with Gasteiger partial charge >= 0.3 is 6.09 Å². The lowest BCUT2D eigenvalue weighted by Crippen LogP contribution is -2.22. The number of hydrogen-bond acceptors (Lipinski definition) is 3. The van der Waals surface area contributed by atoms with Crippen LogP contribution in [0.1, 0.15) is 4.88 Å². The van der Waals surface area contributed by atoms with Gasteiger partial charge in [0.15, 0.2) is 0 Å². The third kappa shape index (κ3) is 3.04. The second kappa shape index (κ2) is 5.59. The fourth-order valence-electron chi connectivity index (χ4n) is 1.55. The van der Waals surface area contributed by atoms with E-state index in [0.717, 1.165) is 10.4 Å². The lowest BCUT2D eigenvalue weighted by Gasteiger charge is -1.98. The minimum atomic E-state index is -1.04. The standard InChI is InChI=1S/C12H11FN2O2S/c13-11-10(2-1-4-14-11)8-6-9(18-7-8)3-5-15-12(16)17/h1-2,4,6-7,15H,3,5H2,(H,16,17). The number of amides is 1. The van der Waals surface area contributed by atoms with Crippen molar-refractivity contribution in [3.8, 4) is 11.1 Å². The summed E-state index contributed by atoms with van der Waals surface area (Å²) in [6.45, 7) is 0.352. The Balaban J connectivity index is 2.06. The van der Waals surface area contributed by atoms with E-state index < -0.39 is 12.0 Å². The zero-order valence-electron chi connectivity index (χ0n) is 9.39. The molecule has 0 saturated heterocycles. The third-order valence-electron chi connectivity index (χ3n) is 2.37. The smallest absolute Gasteiger partial charge is 0.404 e. The average Bonchev–Trinajstić information content (AvgIpc) is 2.78. The molecule has 0 fully saturated rings. The van der Waals surface area contributed by atoms with Gasteiger partial charge in [-0.1, -0.05) is 0 Å². The van der Waals surface area contributed by atoms with E-state index in [9.17, 15) is 9.18 Å².